The number of anilines is 2. The van der Waals surface area contributed by atoms with E-state index in [1.165, 1.54) is 11.4 Å². The van der Waals surface area contributed by atoms with Gasteiger partial charge >= 0.3 is 5.97 Å². The summed E-state index contributed by atoms with van der Waals surface area (Å²) in [6.45, 7) is 2.72. The monoisotopic (exact) mass is 445 g/mol. The Morgan fingerprint density at radius 3 is 2.48 bits per heavy atom. The lowest BCUT2D eigenvalue weighted by Gasteiger charge is -2.26. The van der Waals surface area contributed by atoms with Gasteiger partial charge in [0.05, 0.1) is 29.8 Å². The number of para-hydroxylation sites is 1. The second-order valence-corrected chi connectivity index (χ2v) is 9.29. The van der Waals surface area contributed by atoms with Crippen molar-refractivity contribution in [3.05, 3.63) is 53.6 Å². The molecular weight excluding hydrogens is 418 g/mol. The van der Waals surface area contributed by atoms with Gasteiger partial charge in [0.1, 0.15) is 0 Å². The Hall–Kier alpha value is -2.91. The molecule has 3 rings (SSSR count). The average molecular weight is 446 g/mol. The molecule has 1 fully saturated rings. The summed E-state index contributed by atoms with van der Waals surface area (Å²) in [5.74, 6) is -0.924. The molecule has 0 saturated carbocycles. The number of methoxy groups -OCH3 is 1. The molecule has 2 aromatic carbocycles. The molecule has 1 saturated heterocycles. The van der Waals surface area contributed by atoms with Crippen molar-refractivity contribution in [2.75, 3.05) is 37.4 Å². The van der Waals surface area contributed by atoms with E-state index in [0.29, 0.717) is 30.0 Å². The Kier molecular flexibility index (Phi) is 7.29. The molecule has 0 unspecified atom stereocenters. The molecule has 2 N–H and O–H groups in total. The maximum Gasteiger partial charge on any atom is 0.339 e. The van der Waals surface area contributed by atoms with Crippen LogP contribution in [0.1, 0.15) is 35.2 Å². The summed E-state index contributed by atoms with van der Waals surface area (Å²) >= 11 is 0. The maximum absolute atomic E-state index is 13.0. The van der Waals surface area contributed by atoms with Crippen molar-refractivity contribution in [2.24, 2.45) is 0 Å². The minimum Gasteiger partial charge on any atom is -0.465 e. The fourth-order valence-corrected chi connectivity index (χ4v) is 5.26. The number of hydrogen-bond donors (Lipinski definition) is 2. The topological polar surface area (TPSA) is 105 Å². The standard InChI is InChI=1S/C22H27N3O5S/c1-16-10-11-17(14-20(16)31(28,29)25-12-6-3-7-13-25)23-15-21(26)24-19-9-5-4-8-18(19)22(27)30-2/h4-5,8-11,14,23H,3,6-7,12-13,15H2,1-2H3,(H,24,26). The SMILES string of the molecule is COC(=O)c1ccccc1NC(=O)CNc1ccc(C)c(S(=O)(=O)N2CCCCC2)c1. The van der Waals surface area contributed by atoms with E-state index in [9.17, 15) is 18.0 Å². The normalized spacial score (nSPS) is 14.6. The molecule has 0 atom stereocenters. The number of hydrogen-bond acceptors (Lipinski definition) is 6. The minimum atomic E-state index is -3.58. The van der Waals surface area contributed by atoms with Crippen molar-refractivity contribution in [3.8, 4) is 0 Å². The van der Waals surface area contributed by atoms with Gasteiger partial charge in [-0.25, -0.2) is 13.2 Å². The Labute approximate surface area is 182 Å². The highest BCUT2D eigenvalue weighted by Crippen LogP contribution is 2.26. The number of rotatable bonds is 7. The first-order chi connectivity index (χ1) is 14.8. The number of nitrogens with zero attached hydrogens (tertiary/aromatic N) is 1. The van der Waals surface area contributed by atoms with Crippen LogP contribution in [0.3, 0.4) is 0 Å². The zero-order valence-electron chi connectivity index (χ0n) is 17.7. The second kappa shape index (κ2) is 9.93. The molecule has 31 heavy (non-hydrogen) atoms. The van der Waals surface area contributed by atoms with Gasteiger partial charge in [-0.1, -0.05) is 24.6 Å². The summed E-state index contributed by atoms with van der Waals surface area (Å²) in [4.78, 5) is 24.5. The molecule has 1 amide bonds. The molecule has 0 radical (unpaired) electrons. The summed E-state index contributed by atoms with van der Waals surface area (Å²) < 4.78 is 32.3. The van der Waals surface area contributed by atoms with Crippen LogP contribution in [0.2, 0.25) is 0 Å². The van der Waals surface area contributed by atoms with Crippen LogP contribution >= 0.6 is 0 Å². The van der Waals surface area contributed by atoms with Crippen molar-refractivity contribution in [1.82, 2.24) is 4.31 Å². The van der Waals surface area contributed by atoms with E-state index in [4.69, 9.17) is 4.74 Å². The zero-order valence-corrected chi connectivity index (χ0v) is 18.5. The third-order valence-corrected chi connectivity index (χ3v) is 7.22. The van der Waals surface area contributed by atoms with Crippen LogP contribution < -0.4 is 10.6 Å². The van der Waals surface area contributed by atoms with Crippen LogP contribution in [0.25, 0.3) is 0 Å². The van der Waals surface area contributed by atoms with Gasteiger partial charge in [-0.3, -0.25) is 4.79 Å². The third kappa shape index (κ3) is 5.42. The number of aryl methyl sites for hydroxylation is 1. The molecule has 0 spiro atoms. The van der Waals surface area contributed by atoms with Gasteiger partial charge in [-0.05, 0) is 49.6 Å². The van der Waals surface area contributed by atoms with Gasteiger partial charge in [-0.2, -0.15) is 4.31 Å². The lowest BCUT2D eigenvalue weighted by molar-refractivity contribution is -0.114. The lowest BCUT2D eigenvalue weighted by atomic mass is 10.2. The van der Waals surface area contributed by atoms with Crippen LogP contribution in [-0.4, -0.2) is 51.3 Å². The molecule has 2 aromatic rings. The summed E-state index contributed by atoms with van der Waals surface area (Å²) in [5.41, 5.74) is 1.78. The Morgan fingerprint density at radius 1 is 1.06 bits per heavy atom. The molecule has 1 aliphatic rings. The van der Waals surface area contributed by atoms with Gasteiger partial charge in [0, 0.05) is 18.8 Å². The highest BCUT2D eigenvalue weighted by molar-refractivity contribution is 7.89. The Balaban J connectivity index is 1.70. The van der Waals surface area contributed by atoms with Gasteiger partial charge in [-0.15, -0.1) is 0 Å². The number of amides is 1. The Bertz CT molecular complexity index is 1060. The van der Waals surface area contributed by atoms with E-state index in [0.717, 1.165) is 19.3 Å². The average Bonchev–Trinajstić information content (AvgIpc) is 2.79. The predicted molar refractivity (Wildman–Crippen MR) is 119 cm³/mol. The van der Waals surface area contributed by atoms with Crippen LogP contribution in [0.15, 0.2) is 47.4 Å². The second-order valence-electron chi connectivity index (χ2n) is 7.38. The van der Waals surface area contributed by atoms with Crippen molar-refractivity contribution in [1.29, 1.82) is 0 Å². The molecule has 166 valence electrons. The first-order valence-electron chi connectivity index (χ1n) is 10.1. The minimum absolute atomic E-state index is 0.0955. The highest BCUT2D eigenvalue weighted by atomic mass is 32.2. The molecule has 0 bridgehead atoms. The molecule has 1 heterocycles. The third-order valence-electron chi connectivity index (χ3n) is 5.18. The van der Waals surface area contributed by atoms with Gasteiger partial charge < -0.3 is 15.4 Å². The first-order valence-corrected chi connectivity index (χ1v) is 11.6. The lowest BCUT2D eigenvalue weighted by Crippen LogP contribution is -2.36. The Morgan fingerprint density at radius 2 is 1.77 bits per heavy atom. The maximum atomic E-state index is 13.0. The van der Waals surface area contributed by atoms with Crippen LogP contribution in [0.4, 0.5) is 11.4 Å². The molecule has 1 aliphatic heterocycles. The molecule has 9 heteroatoms. The van der Waals surface area contributed by atoms with Crippen molar-refractivity contribution in [3.63, 3.8) is 0 Å². The zero-order chi connectivity index (χ0) is 22.4. The van der Waals surface area contributed by atoms with Crippen molar-refractivity contribution < 1.29 is 22.7 Å². The van der Waals surface area contributed by atoms with E-state index in [-0.39, 0.29) is 22.9 Å². The summed E-state index contributed by atoms with van der Waals surface area (Å²) in [5, 5.41) is 5.63. The summed E-state index contributed by atoms with van der Waals surface area (Å²) in [6.07, 6.45) is 2.77. The van der Waals surface area contributed by atoms with Crippen LogP contribution in [-0.2, 0) is 19.6 Å². The number of sulfonamides is 1. The molecule has 0 aromatic heterocycles. The summed E-state index contributed by atoms with van der Waals surface area (Å²) in [7, 11) is -2.31. The number of piperidine rings is 1. The number of carbonyl (C=O) groups is 2. The quantitative estimate of drug-likeness (QED) is 0.635. The summed E-state index contributed by atoms with van der Waals surface area (Å²) in [6, 6.07) is 11.6. The van der Waals surface area contributed by atoms with Crippen molar-refractivity contribution in [2.45, 2.75) is 31.1 Å². The first kappa shape index (κ1) is 22.8. The predicted octanol–water partition coefficient (Wildman–Crippen LogP) is 3.01. The largest absolute Gasteiger partial charge is 0.465 e. The fraction of sp³-hybridized carbons (Fsp3) is 0.364. The number of carbonyl (C=O) groups excluding carboxylic acids is 2. The van der Waals surface area contributed by atoms with E-state index >= 15 is 0 Å². The molecular formula is C22H27N3O5S. The molecule has 0 aliphatic carbocycles. The van der Waals surface area contributed by atoms with E-state index in [1.807, 2.05) is 0 Å². The fourth-order valence-electron chi connectivity index (χ4n) is 3.49. The smallest absolute Gasteiger partial charge is 0.339 e. The van der Waals surface area contributed by atoms with E-state index in [2.05, 4.69) is 10.6 Å². The van der Waals surface area contributed by atoms with Crippen LogP contribution in [0, 0.1) is 6.92 Å². The number of esters is 1. The van der Waals surface area contributed by atoms with Gasteiger partial charge in [0.2, 0.25) is 15.9 Å². The number of ether oxygens (including phenoxy) is 1. The van der Waals surface area contributed by atoms with Gasteiger partial charge in [0.25, 0.3) is 0 Å². The van der Waals surface area contributed by atoms with Crippen LogP contribution in [0.5, 0.6) is 0 Å². The van der Waals surface area contributed by atoms with Crippen molar-refractivity contribution >= 4 is 33.3 Å². The van der Waals surface area contributed by atoms with E-state index < -0.39 is 16.0 Å². The van der Waals surface area contributed by atoms with Gasteiger partial charge in [0.15, 0.2) is 0 Å². The highest BCUT2D eigenvalue weighted by Gasteiger charge is 2.27. The number of benzene rings is 2. The van der Waals surface area contributed by atoms with E-state index in [1.54, 1.807) is 49.4 Å². The number of nitrogens with one attached hydrogen (secondary N) is 2. The molecule has 8 nitrogen and oxygen atoms in total.